The summed E-state index contributed by atoms with van der Waals surface area (Å²) in [6.45, 7) is 2.93. The second-order valence-electron chi connectivity index (χ2n) is 6.61. The number of carbonyl (C=O) groups excluding carboxylic acids is 2. The van der Waals surface area contributed by atoms with Crippen LogP contribution in [-0.2, 0) is 4.74 Å². The third-order valence-electron chi connectivity index (χ3n) is 4.38. The van der Waals surface area contributed by atoms with E-state index in [1.807, 2.05) is 6.92 Å². The predicted octanol–water partition coefficient (Wildman–Crippen LogP) is 3.81. The number of carbonyl (C=O) groups is 2. The van der Waals surface area contributed by atoms with Crippen LogP contribution in [0.15, 0.2) is 36.7 Å². The number of rotatable bonds is 5. The maximum Gasteiger partial charge on any atom is 0.323 e. The molecule has 0 spiro atoms. The van der Waals surface area contributed by atoms with Crippen molar-refractivity contribution in [1.29, 1.82) is 0 Å². The summed E-state index contributed by atoms with van der Waals surface area (Å²) in [4.78, 5) is 26.0. The van der Waals surface area contributed by atoms with Gasteiger partial charge in [-0.1, -0.05) is 17.7 Å². The lowest BCUT2D eigenvalue weighted by atomic mass is 10.2. The zero-order valence-electron chi connectivity index (χ0n) is 15.7. The first-order chi connectivity index (χ1) is 14.4. The van der Waals surface area contributed by atoms with E-state index in [9.17, 15) is 14.0 Å². The molecule has 2 aromatic heterocycles. The monoisotopic (exact) mass is 449 g/mol. The van der Waals surface area contributed by atoms with Crippen molar-refractivity contribution in [3.63, 3.8) is 0 Å². The van der Waals surface area contributed by atoms with Gasteiger partial charge >= 0.3 is 6.03 Å². The molecule has 3 heterocycles. The molecule has 8 nitrogen and oxygen atoms in total. The molecular formula is C19H17ClFN5O3S. The maximum atomic E-state index is 13.8. The van der Waals surface area contributed by atoms with Gasteiger partial charge in [0.25, 0.3) is 5.91 Å². The van der Waals surface area contributed by atoms with Crippen LogP contribution in [0, 0.1) is 12.7 Å². The molecule has 1 aliphatic rings. The summed E-state index contributed by atoms with van der Waals surface area (Å²) >= 11 is 7.27. The number of benzene rings is 1. The molecule has 3 N–H and O–H groups in total. The van der Waals surface area contributed by atoms with E-state index < -0.39 is 11.8 Å². The van der Waals surface area contributed by atoms with Gasteiger partial charge in [0, 0.05) is 4.88 Å². The largest absolute Gasteiger partial charge is 0.377 e. The number of urea groups is 1. The number of amides is 3. The Hall–Kier alpha value is -2.95. The highest BCUT2D eigenvalue weighted by Gasteiger charge is 2.23. The Morgan fingerprint density at radius 1 is 1.33 bits per heavy atom. The molecule has 3 aromatic rings. The molecule has 0 aliphatic carbocycles. The molecule has 0 radical (unpaired) electrons. The van der Waals surface area contributed by atoms with Gasteiger partial charge in [-0.15, -0.1) is 11.3 Å². The second-order valence-corrected chi connectivity index (χ2v) is 8.27. The maximum absolute atomic E-state index is 13.8. The van der Waals surface area contributed by atoms with E-state index in [1.54, 1.807) is 16.9 Å². The Bertz CT molecular complexity index is 1090. The van der Waals surface area contributed by atoms with Crippen molar-refractivity contribution in [1.82, 2.24) is 15.1 Å². The molecule has 0 unspecified atom stereocenters. The van der Waals surface area contributed by atoms with Gasteiger partial charge in [0.1, 0.15) is 5.82 Å². The number of aromatic nitrogens is 2. The number of anilines is 2. The van der Waals surface area contributed by atoms with Crippen molar-refractivity contribution in [2.24, 2.45) is 0 Å². The Balaban J connectivity index is 1.44. The zero-order chi connectivity index (χ0) is 21.3. The van der Waals surface area contributed by atoms with Crippen LogP contribution in [0.25, 0.3) is 5.69 Å². The molecule has 3 amide bonds. The average molecular weight is 450 g/mol. The van der Waals surface area contributed by atoms with E-state index in [4.69, 9.17) is 16.3 Å². The van der Waals surface area contributed by atoms with Crippen molar-refractivity contribution < 1.29 is 18.7 Å². The van der Waals surface area contributed by atoms with Crippen molar-refractivity contribution in [2.75, 3.05) is 23.8 Å². The Morgan fingerprint density at radius 3 is 2.83 bits per heavy atom. The fraction of sp³-hybridized carbons (Fsp3) is 0.211. The Labute approximate surface area is 180 Å². The van der Waals surface area contributed by atoms with Crippen molar-refractivity contribution in [3.8, 4) is 5.69 Å². The Morgan fingerprint density at radius 2 is 2.13 bits per heavy atom. The summed E-state index contributed by atoms with van der Waals surface area (Å²) in [5.74, 6) is -0.796. The molecular weight excluding hydrogens is 433 g/mol. The summed E-state index contributed by atoms with van der Waals surface area (Å²) in [5.41, 5.74) is 1.01. The number of hydrogen-bond acceptors (Lipinski definition) is 5. The lowest BCUT2D eigenvalue weighted by Gasteiger charge is -2.26. The minimum absolute atomic E-state index is 0.0466. The SMILES string of the molecule is Cc1sc(C(=O)NC2COC2)cc1-n1cc(NC(=O)Nc2c(F)cccc2Cl)cn1. The van der Waals surface area contributed by atoms with E-state index in [1.165, 1.54) is 35.7 Å². The third-order valence-corrected chi connectivity index (χ3v) is 5.73. The lowest BCUT2D eigenvalue weighted by molar-refractivity contribution is -0.00338. The van der Waals surface area contributed by atoms with Gasteiger partial charge in [0.05, 0.1) is 58.6 Å². The van der Waals surface area contributed by atoms with Crippen LogP contribution < -0.4 is 16.0 Å². The highest BCUT2D eigenvalue weighted by atomic mass is 35.5. The lowest BCUT2D eigenvalue weighted by Crippen LogP contribution is -2.48. The average Bonchev–Trinajstić information content (AvgIpc) is 3.27. The molecule has 30 heavy (non-hydrogen) atoms. The number of thiophene rings is 1. The summed E-state index contributed by atoms with van der Waals surface area (Å²) in [6.07, 6.45) is 3.05. The van der Waals surface area contributed by atoms with E-state index in [2.05, 4.69) is 21.0 Å². The van der Waals surface area contributed by atoms with Crippen LogP contribution in [0.2, 0.25) is 5.02 Å². The second kappa shape index (κ2) is 8.42. The predicted molar refractivity (Wildman–Crippen MR) is 112 cm³/mol. The molecule has 0 atom stereocenters. The molecule has 1 fully saturated rings. The van der Waals surface area contributed by atoms with Crippen LogP contribution in [0.4, 0.5) is 20.6 Å². The first-order valence-corrected chi connectivity index (χ1v) is 10.2. The van der Waals surface area contributed by atoms with Crippen molar-refractivity contribution in [2.45, 2.75) is 13.0 Å². The van der Waals surface area contributed by atoms with Gasteiger partial charge in [-0.3, -0.25) is 4.79 Å². The quantitative estimate of drug-likeness (QED) is 0.551. The highest BCUT2D eigenvalue weighted by Crippen LogP contribution is 2.27. The van der Waals surface area contributed by atoms with Crippen LogP contribution in [0.1, 0.15) is 14.5 Å². The fourth-order valence-electron chi connectivity index (χ4n) is 2.80. The first kappa shape index (κ1) is 20.3. The minimum atomic E-state index is -0.661. The molecule has 11 heteroatoms. The third kappa shape index (κ3) is 4.30. The summed E-state index contributed by atoms with van der Waals surface area (Å²) in [6, 6.07) is 5.25. The molecule has 1 aromatic carbocycles. The van der Waals surface area contributed by atoms with Gasteiger partial charge < -0.3 is 20.7 Å². The van der Waals surface area contributed by atoms with E-state index in [-0.39, 0.29) is 22.7 Å². The zero-order valence-corrected chi connectivity index (χ0v) is 17.3. The molecule has 0 saturated carbocycles. The molecule has 156 valence electrons. The molecule has 0 bridgehead atoms. The molecule has 1 aliphatic heterocycles. The summed E-state index contributed by atoms with van der Waals surface area (Å²) < 4.78 is 20.4. The number of para-hydroxylation sites is 1. The van der Waals surface area contributed by atoms with Gasteiger partial charge in [-0.25, -0.2) is 13.9 Å². The van der Waals surface area contributed by atoms with Crippen LogP contribution in [-0.4, -0.2) is 41.0 Å². The highest BCUT2D eigenvalue weighted by molar-refractivity contribution is 7.14. The number of hydrogen-bond donors (Lipinski definition) is 3. The van der Waals surface area contributed by atoms with Crippen LogP contribution in [0.5, 0.6) is 0 Å². The number of nitrogens with zero attached hydrogens (tertiary/aromatic N) is 2. The number of aryl methyl sites for hydroxylation is 1. The first-order valence-electron chi connectivity index (χ1n) is 8.97. The van der Waals surface area contributed by atoms with Gasteiger partial charge in [-0.2, -0.15) is 5.10 Å². The smallest absolute Gasteiger partial charge is 0.323 e. The number of ether oxygens (including phenoxy) is 1. The minimum Gasteiger partial charge on any atom is -0.377 e. The summed E-state index contributed by atoms with van der Waals surface area (Å²) in [5, 5.41) is 12.2. The van der Waals surface area contributed by atoms with Crippen molar-refractivity contribution >= 4 is 46.3 Å². The normalized spacial score (nSPS) is 13.6. The van der Waals surface area contributed by atoms with E-state index >= 15 is 0 Å². The summed E-state index contributed by atoms with van der Waals surface area (Å²) in [7, 11) is 0. The standard InChI is InChI=1S/C19H17ClFN5O3S/c1-10-15(5-16(30-10)18(27)23-12-8-29-9-12)26-7-11(6-22-26)24-19(28)25-17-13(20)3-2-4-14(17)21/h2-7,12H,8-9H2,1H3,(H,23,27)(H2,24,25,28). The van der Waals surface area contributed by atoms with E-state index in [0.717, 1.165) is 10.6 Å². The van der Waals surface area contributed by atoms with Crippen LogP contribution in [0.3, 0.4) is 0 Å². The number of halogens is 2. The Kier molecular flexibility index (Phi) is 5.71. The van der Waals surface area contributed by atoms with Gasteiger partial charge in [0.2, 0.25) is 0 Å². The molecule has 1 saturated heterocycles. The fourth-order valence-corrected chi connectivity index (χ4v) is 3.92. The number of nitrogens with one attached hydrogen (secondary N) is 3. The van der Waals surface area contributed by atoms with E-state index in [0.29, 0.717) is 23.8 Å². The van der Waals surface area contributed by atoms with Gasteiger partial charge in [-0.05, 0) is 25.1 Å². The topological polar surface area (TPSA) is 97.3 Å². The van der Waals surface area contributed by atoms with Crippen molar-refractivity contribution in [3.05, 3.63) is 57.3 Å². The molecule has 4 rings (SSSR count). The van der Waals surface area contributed by atoms with Crippen LogP contribution >= 0.6 is 22.9 Å². The van der Waals surface area contributed by atoms with Gasteiger partial charge in [0.15, 0.2) is 0 Å².